The maximum atomic E-state index is 13.4. The van der Waals surface area contributed by atoms with Gasteiger partial charge in [0, 0.05) is 19.5 Å². The van der Waals surface area contributed by atoms with Crippen LogP contribution in [0.1, 0.15) is 36.1 Å². The van der Waals surface area contributed by atoms with Crippen LogP contribution < -0.4 is 14.8 Å². The van der Waals surface area contributed by atoms with Gasteiger partial charge in [-0.25, -0.2) is 0 Å². The zero-order valence-electron chi connectivity index (χ0n) is 19.3. The summed E-state index contributed by atoms with van der Waals surface area (Å²) < 4.78 is 10.4. The van der Waals surface area contributed by atoms with Crippen LogP contribution in [0.4, 0.5) is 0 Å². The van der Waals surface area contributed by atoms with Gasteiger partial charge in [0.25, 0.3) is 0 Å². The zero-order chi connectivity index (χ0) is 23.6. The summed E-state index contributed by atoms with van der Waals surface area (Å²) >= 11 is 0. The molecule has 172 valence electrons. The predicted octanol–water partition coefficient (Wildman–Crippen LogP) is 4.50. The Hall–Kier alpha value is -3.80. The Morgan fingerprint density at radius 3 is 1.88 bits per heavy atom. The molecule has 3 aromatic carbocycles. The summed E-state index contributed by atoms with van der Waals surface area (Å²) in [7, 11) is 3.23. The van der Waals surface area contributed by atoms with Crippen LogP contribution >= 0.6 is 0 Å². The second-order valence-electron chi connectivity index (χ2n) is 7.60. The van der Waals surface area contributed by atoms with E-state index in [1.807, 2.05) is 78.9 Å². The van der Waals surface area contributed by atoms with Crippen molar-refractivity contribution in [3.05, 3.63) is 95.6 Å². The topological polar surface area (TPSA) is 67.9 Å². The maximum absolute atomic E-state index is 13.4. The Labute approximate surface area is 195 Å². The third-order valence-corrected chi connectivity index (χ3v) is 5.44. The van der Waals surface area contributed by atoms with Crippen molar-refractivity contribution >= 4 is 11.8 Å². The monoisotopic (exact) mass is 446 g/mol. The number of hydrogen-bond acceptors (Lipinski definition) is 4. The summed E-state index contributed by atoms with van der Waals surface area (Å²) in [6, 6.07) is 23.7. The molecule has 0 spiro atoms. The highest BCUT2D eigenvalue weighted by molar-refractivity contribution is 5.88. The van der Waals surface area contributed by atoms with Crippen LogP contribution in [0.2, 0.25) is 0 Å². The number of hydrogen-bond donors (Lipinski definition) is 1. The van der Waals surface area contributed by atoms with Crippen molar-refractivity contribution in [2.75, 3.05) is 14.2 Å². The van der Waals surface area contributed by atoms with Gasteiger partial charge in [-0.1, -0.05) is 61.5 Å². The van der Waals surface area contributed by atoms with Crippen molar-refractivity contribution in [1.29, 1.82) is 0 Å². The Morgan fingerprint density at radius 1 is 0.818 bits per heavy atom. The van der Waals surface area contributed by atoms with Gasteiger partial charge in [-0.05, 0) is 41.0 Å². The van der Waals surface area contributed by atoms with Crippen LogP contribution in [-0.4, -0.2) is 30.9 Å². The van der Waals surface area contributed by atoms with Gasteiger partial charge in [-0.15, -0.1) is 0 Å². The fourth-order valence-electron chi connectivity index (χ4n) is 3.59. The number of ether oxygens (including phenoxy) is 2. The number of methoxy groups -OCH3 is 2. The molecule has 0 aromatic heterocycles. The largest absolute Gasteiger partial charge is 0.497 e. The van der Waals surface area contributed by atoms with E-state index in [-0.39, 0.29) is 11.8 Å². The van der Waals surface area contributed by atoms with Gasteiger partial charge in [0.15, 0.2) is 0 Å². The van der Waals surface area contributed by atoms with Crippen molar-refractivity contribution < 1.29 is 19.1 Å². The molecule has 2 amide bonds. The lowest BCUT2D eigenvalue weighted by atomic mass is 10.0. The lowest BCUT2D eigenvalue weighted by Crippen LogP contribution is -2.43. The quantitative estimate of drug-likeness (QED) is 0.498. The number of nitrogens with zero attached hydrogens (tertiary/aromatic N) is 1. The average molecular weight is 447 g/mol. The molecule has 0 saturated carbocycles. The van der Waals surface area contributed by atoms with Gasteiger partial charge in [0.2, 0.25) is 11.8 Å². The molecular weight excluding hydrogens is 416 g/mol. The number of rotatable bonds is 10. The molecule has 0 bridgehead atoms. The van der Waals surface area contributed by atoms with E-state index in [1.165, 1.54) is 0 Å². The van der Waals surface area contributed by atoms with Gasteiger partial charge in [0.05, 0.1) is 14.2 Å². The third kappa shape index (κ3) is 6.35. The van der Waals surface area contributed by atoms with Crippen molar-refractivity contribution in [3.63, 3.8) is 0 Å². The number of nitrogens with one attached hydrogen (secondary N) is 1. The number of carbonyl (C=O) groups is 2. The highest BCUT2D eigenvalue weighted by Gasteiger charge is 2.30. The average Bonchev–Trinajstić information content (AvgIpc) is 2.88. The van der Waals surface area contributed by atoms with E-state index in [2.05, 4.69) is 5.32 Å². The molecule has 0 radical (unpaired) electrons. The van der Waals surface area contributed by atoms with E-state index >= 15 is 0 Å². The first-order valence-corrected chi connectivity index (χ1v) is 10.9. The molecule has 33 heavy (non-hydrogen) atoms. The molecule has 6 heteroatoms. The Balaban J connectivity index is 1.86. The summed E-state index contributed by atoms with van der Waals surface area (Å²) in [5, 5.41) is 3.00. The van der Waals surface area contributed by atoms with Gasteiger partial charge in [0.1, 0.15) is 17.5 Å². The minimum absolute atomic E-state index is 0.0979. The normalized spacial score (nSPS) is 11.4. The number of benzene rings is 3. The summed E-state index contributed by atoms with van der Waals surface area (Å²) in [4.78, 5) is 28.1. The number of amides is 2. The summed E-state index contributed by atoms with van der Waals surface area (Å²) in [6.07, 6.45) is 0.297. The first-order chi connectivity index (χ1) is 16.0. The second kappa shape index (κ2) is 11.7. The Bertz CT molecular complexity index is 1030. The lowest BCUT2D eigenvalue weighted by molar-refractivity contribution is -0.141. The minimum Gasteiger partial charge on any atom is -0.497 e. The Kier molecular flexibility index (Phi) is 8.47. The fraction of sp³-hybridized carbons (Fsp3) is 0.259. The van der Waals surface area contributed by atoms with E-state index in [9.17, 15) is 9.59 Å². The van der Waals surface area contributed by atoms with E-state index in [1.54, 1.807) is 26.0 Å². The molecule has 1 atom stereocenters. The van der Waals surface area contributed by atoms with Crippen molar-refractivity contribution in [1.82, 2.24) is 10.2 Å². The summed E-state index contributed by atoms with van der Waals surface area (Å²) in [6.45, 7) is 2.47. The lowest BCUT2D eigenvalue weighted by Gasteiger charge is -2.31. The molecule has 0 heterocycles. The molecule has 0 saturated heterocycles. The van der Waals surface area contributed by atoms with Crippen LogP contribution in [-0.2, 0) is 22.7 Å². The molecule has 1 N–H and O–H groups in total. The molecule has 3 rings (SSSR count). The molecular formula is C27H30N2O4. The van der Waals surface area contributed by atoms with Crippen LogP contribution in [0.15, 0.2) is 78.9 Å². The van der Waals surface area contributed by atoms with Gasteiger partial charge >= 0.3 is 0 Å². The van der Waals surface area contributed by atoms with Crippen molar-refractivity contribution in [2.45, 2.75) is 32.5 Å². The first kappa shape index (κ1) is 23.9. The minimum atomic E-state index is -0.751. The van der Waals surface area contributed by atoms with Crippen molar-refractivity contribution in [2.24, 2.45) is 0 Å². The van der Waals surface area contributed by atoms with E-state index in [0.717, 1.165) is 28.2 Å². The van der Waals surface area contributed by atoms with Crippen molar-refractivity contribution in [3.8, 4) is 11.5 Å². The van der Waals surface area contributed by atoms with Crippen LogP contribution in [0.3, 0.4) is 0 Å². The van der Waals surface area contributed by atoms with E-state index in [4.69, 9.17) is 9.47 Å². The molecule has 3 aromatic rings. The SMILES string of the molecule is CCC(=O)N(Cc1ccc(OC)cc1)C(C(=O)NCc1ccc(OC)cc1)c1ccccc1. The van der Waals surface area contributed by atoms with Gasteiger partial charge in [-0.3, -0.25) is 9.59 Å². The Morgan fingerprint density at radius 2 is 1.36 bits per heavy atom. The van der Waals surface area contributed by atoms with Gasteiger partial charge in [-0.2, -0.15) is 0 Å². The van der Waals surface area contributed by atoms with E-state index < -0.39 is 6.04 Å². The van der Waals surface area contributed by atoms with Crippen LogP contribution in [0.5, 0.6) is 11.5 Å². The molecule has 1 unspecified atom stereocenters. The zero-order valence-corrected chi connectivity index (χ0v) is 19.3. The smallest absolute Gasteiger partial charge is 0.247 e. The highest BCUT2D eigenvalue weighted by Crippen LogP contribution is 2.25. The fourth-order valence-corrected chi connectivity index (χ4v) is 3.59. The number of carbonyl (C=O) groups excluding carboxylic acids is 2. The van der Waals surface area contributed by atoms with Gasteiger partial charge < -0.3 is 19.7 Å². The standard InChI is InChI=1S/C27H30N2O4/c1-4-25(30)29(19-21-12-16-24(33-3)17-13-21)26(22-8-6-5-7-9-22)27(31)28-18-20-10-14-23(32-2)15-11-20/h5-17,26H,4,18-19H2,1-3H3,(H,28,31). The molecule has 0 aliphatic carbocycles. The highest BCUT2D eigenvalue weighted by atomic mass is 16.5. The molecule has 6 nitrogen and oxygen atoms in total. The summed E-state index contributed by atoms with van der Waals surface area (Å²) in [5.74, 6) is 1.17. The summed E-state index contributed by atoms with van der Waals surface area (Å²) in [5.41, 5.74) is 2.63. The van der Waals surface area contributed by atoms with Crippen LogP contribution in [0, 0.1) is 0 Å². The molecule has 0 fully saturated rings. The maximum Gasteiger partial charge on any atom is 0.247 e. The molecule has 0 aliphatic rings. The predicted molar refractivity (Wildman–Crippen MR) is 128 cm³/mol. The molecule has 0 aliphatic heterocycles. The third-order valence-electron chi connectivity index (χ3n) is 5.44. The van der Waals surface area contributed by atoms with Crippen LogP contribution in [0.25, 0.3) is 0 Å². The van der Waals surface area contributed by atoms with E-state index in [0.29, 0.717) is 19.5 Å². The first-order valence-electron chi connectivity index (χ1n) is 10.9. The second-order valence-corrected chi connectivity index (χ2v) is 7.60.